The second-order valence-corrected chi connectivity index (χ2v) is 5.08. The average Bonchev–Trinajstić information content (AvgIpc) is 2.69. The summed E-state index contributed by atoms with van der Waals surface area (Å²) in [6.07, 6.45) is 0.859. The smallest absolute Gasteiger partial charge is 0.134 e. The molecule has 0 saturated heterocycles. The minimum Gasteiger partial charge on any atom is -0.330 e. The van der Waals surface area contributed by atoms with Crippen LogP contribution in [0.3, 0.4) is 0 Å². The van der Waals surface area contributed by atoms with Gasteiger partial charge < -0.3 is 10.6 Å². The minimum atomic E-state index is 0.644. The van der Waals surface area contributed by atoms with Gasteiger partial charge in [-0.15, -0.1) is 0 Å². The molecular weight excluding hydrogens is 248 g/mol. The highest BCUT2D eigenvalue weighted by Crippen LogP contribution is 2.31. The first-order valence-electron chi connectivity index (χ1n) is 7.15. The number of benzene rings is 1. The fraction of sp³-hybridized carbons (Fsp3) is 0.438. The first-order valence-corrected chi connectivity index (χ1v) is 7.15. The van der Waals surface area contributed by atoms with E-state index in [0.29, 0.717) is 6.54 Å². The van der Waals surface area contributed by atoms with Gasteiger partial charge in [-0.05, 0) is 45.4 Å². The van der Waals surface area contributed by atoms with Crippen molar-refractivity contribution in [3.63, 3.8) is 0 Å². The summed E-state index contributed by atoms with van der Waals surface area (Å²) in [7, 11) is 2.00. The number of anilines is 2. The first kappa shape index (κ1) is 14.6. The van der Waals surface area contributed by atoms with Gasteiger partial charge in [-0.3, -0.25) is 4.68 Å². The molecule has 1 aromatic carbocycles. The van der Waals surface area contributed by atoms with Gasteiger partial charge in [0.15, 0.2) is 0 Å². The second kappa shape index (κ2) is 6.09. The van der Waals surface area contributed by atoms with Crippen molar-refractivity contribution in [1.82, 2.24) is 9.78 Å². The van der Waals surface area contributed by atoms with Crippen LogP contribution in [0.25, 0.3) is 0 Å². The van der Waals surface area contributed by atoms with E-state index in [9.17, 15) is 0 Å². The van der Waals surface area contributed by atoms with Crippen LogP contribution in [0.15, 0.2) is 24.3 Å². The average molecular weight is 272 g/mol. The van der Waals surface area contributed by atoms with Crippen LogP contribution in [0.2, 0.25) is 0 Å². The summed E-state index contributed by atoms with van der Waals surface area (Å²) in [6.45, 7) is 7.91. The number of aryl methyl sites for hydroxylation is 3. The second-order valence-electron chi connectivity index (χ2n) is 5.08. The Bertz CT molecular complexity index is 586. The van der Waals surface area contributed by atoms with Crippen molar-refractivity contribution in [3.05, 3.63) is 41.1 Å². The highest BCUT2D eigenvalue weighted by Gasteiger charge is 2.20. The molecule has 0 aliphatic rings. The summed E-state index contributed by atoms with van der Waals surface area (Å²) in [4.78, 5) is 2.32. The molecule has 0 bridgehead atoms. The quantitative estimate of drug-likeness (QED) is 0.910. The standard InChI is InChI=1S/C16H24N4/c1-5-20(15-9-7-6-8-12(15)2)16-14(10-11-17)13(3)18-19(16)4/h6-9H,5,10-11,17H2,1-4H3. The molecule has 4 heteroatoms. The van der Waals surface area contributed by atoms with Crippen molar-refractivity contribution >= 4 is 11.5 Å². The fourth-order valence-electron chi connectivity index (χ4n) is 2.76. The Morgan fingerprint density at radius 1 is 1.25 bits per heavy atom. The number of rotatable bonds is 5. The van der Waals surface area contributed by atoms with Crippen LogP contribution in [-0.2, 0) is 13.5 Å². The lowest BCUT2D eigenvalue weighted by molar-refractivity contribution is 0.740. The van der Waals surface area contributed by atoms with E-state index in [1.807, 2.05) is 11.7 Å². The molecule has 0 saturated carbocycles. The molecule has 0 atom stereocenters. The van der Waals surface area contributed by atoms with Gasteiger partial charge in [-0.25, -0.2) is 0 Å². The summed E-state index contributed by atoms with van der Waals surface area (Å²) < 4.78 is 1.97. The molecule has 108 valence electrons. The van der Waals surface area contributed by atoms with Crippen LogP contribution in [0, 0.1) is 13.8 Å². The molecule has 0 aliphatic heterocycles. The van der Waals surface area contributed by atoms with Crippen LogP contribution >= 0.6 is 0 Å². The van der Waals surface area contributed by atoms with E-state index >= 15 is 0 Å². The third-order valence-electron chi connectivity index (χ3n) is 3.69. The molecule has 1 heterocycles. The van der Waals surface area contributed by atoms with Crippen LogP contribution in [0.4, 0.5) is 11.5 Å². The zero-order chi connectivity index (χ0) is 14.7. The number of hydrogen-bond acceptors (Lipinski definition) is 3. The van der Waals surface area contributed by atoms with Crippen LogP contribution in [0.1, 0.15) is 23.7 Å². The number of para-hydroxylation sites is 1. The predicted molar refractivity (Wildman–Crippen MR) is 84.6 cm³/mol. The molecule has 0 unspecified atom stereocenters. The first-order chi connectivity index (χ1) is 9.60. The fourth-order valence-corrected chi connectivity index (χ4v) is 2.76. The van der Waals surface area contributed by atoms with E-state index in [-0.39, 0.29) is 0 Å². The van der Waals surface area contributed by atoms with E-state index in [1.54, 1.807) is 0 Å². The van der Waals surface area contributed by atoms with Crippen molar-refractivity contribution in [2.45, 2.75) is 27.2 Å². The van der Waals surface area contributed by atoms with Crippen molar-refractivity contribution in [3.8, 4) is 0 Å². The molecule has 2 rings (SSSR count). The Morgan fingerprint density at radius 2 is 1.95 bits per heavy atom. The van der Waals surface area contributed by atoms with E-state index in [0.717, 1.165) is 24.5 Å². The molecule has 0 aliphatic carbocycles. The van der Waals surface area contributed by atoms with E-state index in [4.69, 9.17) is 5.73 Å². The van der Waals surface area contributed by atoms with Crippen molar-refractivity contribution in [1.29, 1.82) is 0 Å². The van der Waals surface area contributed by atoms with Gasteiger partial charge in [0.2, 0.25) is 0 Å². The molecule has 0 spiro atoms. The largest absolute Gasteiger partial charge is 0.330 e. The lowest BCUT2D eigenvalue weighted by Gasteiger charge is -2.26. The SMILES string of the molecule is CCN(c1ccccc1C)c1c(CCN)c(C)nn1C. The molecule has 2 aromatic rings. The van der Waals surface area contributed by atoms with Crippen molar-refractivity contribution in [2.75, 3.05) is 18.0 Å². The molecule has 0 radical (unpaired) electrons. The third-order valence-corrected chi connectivity index (χ3v) is 3.69. The predicted octanol–water partition coefficient (Wildman–Crippen LogP) is 2.70. The van der Waals surface area contributed by atoms with E-state index in [1.165, 1.54) is 16.8 Å². The molecule has 4 nitrogen and oxygen atoms in total. The minimum absolute atomic E-state index is 0.644. The molecule has 0 amide bonds. The summed E-state index contributed by atoms with van der Waals surface area (Å²) in [5.74, 6) is 1.16. The zero-order valence-corrected chi connectivity index (χ0v) is 12.8. The van der Waals surface area contributed by atoms with Gasteiger partial charge in [0.25, 0.3) is 0 Å². The maximum atomic E-state index is 5.76. The Labute approximate surface area is 121 Å². The Morgan fingerprint density at radius 3 is 2.55 bits per heavy atom. The van der Waals surface area contributed by atoms with Crippen molar-refractivity contribution in [2.24, 2.45) is 12.8 Å². The summed E-state index contributed by atoms with van der Waals surface area (Å²) in [5.41, 5.74) is 10.6. The van der Waals surface area contributed by atoms with E-state index < -0.39 is 0 Å². The lowest BCUT2D eigenvalue weighted by atomic mass is 10.1. The molecule has 2 N–H and O–H groups in total. The van der Waals surface area contributed by atoms with Crippen LogP contribution in [0.5, 0.6) is 0 Å². The van der Waals surface area contributed by atoms with Gasteiger partial charge in [-0.2, -0.15) is 5.10 Å². The van der Waals surface area contributed by atoms with Crippen molar-refractivity contribution < 1.29 is 0 Å². The van der Waals surface area contributed by atoms with Crippen LogP contribution < -0.4 is 10.6 Å². The zero-order valence-electron chi connectivity index (χ0n) is 12.8. The van der Waals surface area contributed by atoms with Gasteiger partial charge in [0.1, 0.15) is 5.82 Å². The number of nitrogens with two attached hydrogens (primary N) is 1. The summed E-state index contributed by atoms with van der Waals surface area (Å²) in [5, 5.41) is 4.57. The van der Waals surface area contributed by atoms with E-state index in [2.05, 4.69) is 55.0 Å². The normalized spacial score (nSPS) is 10.8. The summed E-state index contributed by atoms with van der Waals surface area (Å²) >= 11 is 0. The third kappa shape index (κ3) is 2.56. The number of hydrogen-bond donors (Lipinski definition) is 1. The number of nitrogens with zero attached hydrogens (tertiary/aromatic N) is 3. The maximum Gasteiger partial charge on any atom is 0.134 e. The molecular formula is C16H24N4. The number of aromatic nitrogens is 2. The maximum absolute atomic E-state index is 5.76. The summed E-state index contributed by atoms with van der Waals surface area (Å²) in [6, 6.07) is 8.45. The van der Waals surface area contributed by atoms with Gasteiger partial charge in [0, 0.05) is 24.8 Å². The molecule has 20 heavy (non-hydrogen) atoms. The van der Waals surface area contributed by atoms with Gasteiger partial charge in [-0.1, -0.05) is 18.2 Å². The molecule has 1 aromatic heterocycles. The highest BCUT2D eigenvalue weighted by molar-refractivity contribution is 5.67. The topological polar surface area (TPSA) is 47.1 Å². The van der Waals surface area contributed by atoms with Crippen LogP contribution in [-0.4, -0.2) is 22.9 Å². The highest BCUT2D eigenvalue weighted by atomic mass is 15.4. The molecule has 0 fully saturated rings. The van der Waals surface area contributed by atoms with Gasteiger partial charge >= 0.3 is 0 Å². The Kier molecular flexibility index (Phi) is 4.45. The monoisotopic (exact) mass is 272 g/mol. The lowest BCUT2D eigenvalue weighted by Crippen LogP contribution is -2.22. The Hall–Kier alpha value is -1.81. The van der Waals surface area contributed by atoms with Gasteiger partial charge in [0.05, 0.1) is 5.69 Å². The Balaban J connectivity index is 2.55.